The fourth-order valence-electron chi connectivity index (χ4n) is 3.30. The number of rotatable bonds is 5. The first kappa shape index (κ1) is 17.2. The molecule has 7 heteroatoms. The van der Waals surface area contributed by atoms with Crippen LogP contribution >= 0.6 is 0 Å². The van der Waals surface area contributed by atoms with E-state index in [2.05, 4.69) is 5.32 Å². The number of nitrogens with one attached hydrogen (secondary N) is 1. The molecule has 1 saturated heterocycles. The van der Waals surface area contributed by atoms with E-state index in [-0.39, 0.29) is 24.1 Å². The second-order valence-corrected chi connectivity index (χ2v) is 8.51. The maximum absolute atomic E-state index is 12.5. The van der Waals surface area contributed by atoms with Gasteiger partial charge in [-0.05, 0) is 43.0 Å². The molecule has 1 atom stereocenters. The Kier molecular flexibility index (Phi) is 5.10. The predicted octanol–water partition coefficient (Wildman–Crippen LogP) is 2.01. The van der Waals surface area contributed by atoms with Crippen LogP contribution in [0.2, 0.25) is 0 Å². The van der Waals surface area contributed by atoms with Crippen LogP contribution in [0.15, 0.2) is 18.2 Å². The average molecular weight is 352 g/mol. The molecule has 0 saturated carbocycles. The Morgan fingerprint density at radius 3 is 3.04 bits per heavy atom. The Hall–Kier alpha value is -1.60. The molecule has 2 heterocycles. The topological polar surface area (TPSA) is 75.7 Å². The molecule has 2 aliphatic rings. The highest BCUT2D eigenvalue weighted by Gasteiger charge is 2.31. The summed E-state index contributed by atoms with van der Waals surface area (Å²) >= 11 is 0. The maximum atomic E-state index is 12.5. The largest absolute Gasteiger partial charge is 0.493 e. The van der Waals surface area contributed by atoms with Crippen molar-refractivity contribution in [1.29, 1.82) is 0 Å². The summed E-state index contributed by atoms with van der Waals surface area (Å²) < 4.78 is 31.4. The Labute approximate surface area is 143 Å². The van der Waals surface area contributed by atoms with E-state index in [1.165, 1.54) is 4.31 Å². The molecule has 0 radical (unpaired) electrons. The molecule has 3 rings (SSSR count). The first-order chi connectivity index (χ1) is 11.5. The van der Waals surface area contributed by atoms with Crippen molar-refractivity contribution >= 4 is 21.6 Å². The van der Waals surface area contributed by atoms with Crippen LogP contribution in [0.5, 0.6) is 5.75 Å². The summed E-state index contributed by atoms with van der Waals surface area (Å²) in [6, 6.07) is 5.64. The fraction of sp³-hybridized carbons (Fsp3) is 0.588. The van der Waals surface area contributed by atoms with E-state index < -0.39 is 10.0 Å². The van der Waals surface area contributed by atoms with Crippen molar-refractivity contribution in [3.8, 4) is 5.75 Å². The molecule has 0 aromatic heterocycles. The van der Waals surface area contributed by atoms with Crippen molar-refractivity contribution < 1.29 is 17.9 Å². The predicted molar refractivity (Wildman–Crippen MR) is 92.6 cm³/mol. The van der Waals surface area contributed by atoms with Gasteiger partial charge in [-0.25, -0.2) is 12.7 Å². The summed E-state index contributed by atoms with van der Waals surface area (Å²) in [7, 11) is -3.24. The van der Waals surface area contributed by atoms with Crippen LogP contribution in [0.3, 0.4) is 0 Å². The summed E-state index contributed by atoms with van der Waals surface area (Å²) in [5, 5.41) is 2.93. The van der Waals surface area contributed by atoms with Crippen LogP contribution in [-0.2, 0) is 21.2 Å². The van der Waals surface area contributed by atoms with E-state index in [1.54, 1.807) is 0 Å². The Bertz CT molecular complexity index is 717. The number of fused-ring (bicyclic) bond motifs is 1. The number of amides is 1. The molecule has 1 aromatic carbocycles. The summed E-state index contributed by atoms with van der Waals surface area (Å²) in [5.41, 5.74) is 1.85. The quantitative estimate of drug-likeness (QED) is 0.879. The molecule has 132 valence electrons. The monoisotopic (exact) mass is 352 g/mol. The SMILES string of the molecule is CCCS(=O)(=O)N1CCC[C@H](C(=O)Nc2ccc3c(c2)CCO3)C1. The first-order valence-corrected chi connectivity index (χ1v) is 10.1. The zero-order valence-electron chi connectivity index (χ0n) is 14.0. The van der Waals surface area contributed by atoms with Gasteiger partial charge in [-0.2, -0.15) is 0 Å². The minimum absolute atomic E-state index is 0.106. The third kappa shape index (κ3) is 3.72. The molecular formula is C17H24N2O4S. The van der Waals surface area contributed by atoms with Crippen LogP contribution in [0.4, 0.5) is 5.69 Å². The number of sulfonamides is 1. The van der Waals surface area contributed by atoms with Crippen molar-refractivity contribution in [2.45, 2.75) is 32.6 Å². The lowest BCUT2D eigenvalue weighted by atomic mass is 9.98. The van der Waals surface area contributed by atoms with E-state index in [0.29, 0.717) is 19.6 Å². The number of carbonyl (C=O) groups excluding carboxylic acids is 1. The summed E-state index contributed by atoms with van der Waals surface area (Å²) in [4.78, 5) is 12.5. The highest BCUT2D eigenvalue weighted by Crippen LogP contribution is 2.28. The number of ether oxygens (including phenoxy) is 1. The molecule has 1 fully saturated rings. The van der Waals surface area contributed by atoms with Gasteiger partial charge in [0.05, 0.1) is 18.3 Å². The number of nitrogens with zero attached hydrogens (tertiary/aromatic N) is 1. The number of hydrogen-bond donors (Lipinski definition) is 1. The number of piperidine rings is 1. The molecule has 6 nitrogen and oxygen atoms in total. The number of benzene rings is 1. The second-order valence-electron chi connectivity index (χ2n) is 6.42. The minimum Gasteiger partial charge on any atom is -0.493 e. The van der Waals surface area contributed by atoms with Crippen molar-refractivity contribution in [1.82, 2.24) is 4.31 Å². The molecule has 1 N–H and O–H groups in total. The van der Waals surface area contributed by atoms with Crippen molar-refractivity contribution in [3.63, 3.8) is 0 Å². The number of hydrogen-bond acceptors (Lipinski definition) is 4. The molecule has 0 bridgehead atoms. The molecule has 1 amide bonds. The zero-order chi connectivity index (χ0) is 17.2. The third-order valence-corrected chi connectivity index (χ3v) is 6.61. The van der Waals surface area contributed by atoms with E-state index in [0.717, 1.165) is 36.3 Å². The molecule has 0 unspecified atom stereocenters. The van der Waals surface area contributed by atoms with Gasteiger partial charge < -0.3 is 10.1 Å². The van der Waals surface area contributed by atoms with Crippen molar-refractivity contribution in [2.24, 2.45) is 5.92 Å². The van der Waals surface area contributed by atoms with Crippen LogP contribution in [0.25, 0.3) is 0 Å². The zero-order valence-corrected chi connectivity index (χ0v) is 14.8. The summed E-state index contributed by atoms with van der Waals surface area (Å²) in [6.45, 7) is 3.33. The summed E-state index contributed by atoms with van der Waals surface area (Å²) in [6.07, 6.45) is 2.88. The van der Waals surface area contributed by atoms with Gasteiger partial charge in [-0.3, -0.25) is 4.79 Å². The number of anilines is 1. The van der Waals surface area contributed by atoms with Crippen LogP contribution in [0, 0.1) is 5.92 Å². The molecule has 24 heavy (non-hydrogen) atoms. The smallest absolute Gasteiger partial charge is 0.228 e. The van der Waals surface area contributed by atoms with E-state index in [4.69, 9.17) is 4.74 Å². The van der Waals surface area contributed by atoms with Gasteiger partial charge in [0.15, 0.2) is 0 Å². The van der Waals surface area contributed by atoms with Gasteiger partial charge in [-0.15, -0.1) is 0 Å². The van der Waals surface area contributed by atoms with Crippen LogP contribution in [0.1, 0.15) is 31.7 Å². The first-order valence-electron chi connectivity index (χ1n) is 8.54. The van der Waals surface area contributed by atoms with Crippen molar-refractivity contribution in [3.05, 3.63) is 23.8 Å². The van der Waals surface area contributed by atoms with Gasteiger partial charge in [-0.1, -0.05) is 6.92 Å². The lowest BCUT2D eigenvalue weighted by molar-refractivity contribution is -0.120. The van der Waals surface area contributed by atoms with Gasteiger partial charge in [0.1, 0.15) is 5.75 Å². The molecule has 0 aliphatic carbocycles. The third-order valence-electron chi connectivity index (χ3n) is 4.57. The Morgan fingerprint density at radius 1 is 1.42 bits per heavy atom. The van der Waals surface area contributed by atoms with Crippen molar-refractivity contribution in [2.75, 3.05) is 30.8 Å². The van der Waals surface area contributed by atoms with Crippen LogP contribution < -0.4 is 10.1 Å². The highest BCUT2D eigenvalue weighted by atomic mass is 32.2. The standard InChI is InChI=1S/C17H24N2O4S/c1-2-10-24(21,22)19-8-3-4-14(12-19)17(20)18-15-5-6-16-13(11-15)7-9-23-16/h5-6,11,14H,2-4,7-10,12H2,1H3,(H,18,20)/t14-/m0/s1. The lowest BCUT2D eigenvalue weighted by Gasteiger charge is -2.31. The minimum atomic E-state index is -3.24. The van der Waals surface area contributed by atoms with Crippen LogP contribution in [-0.4, -0.2) is 44.1 Å². The molecular weight excluding hydrogens is 328 g/mol. The maximum Gasteiger partial charge on any atom is 0.228 e. The second kappa shape index (κ2) is 7.11. The van der Waals surface area contributed by atoms with Gasteiger partial charge in [0.2, 0.25) is 15.9 Å². The highest BCUT2D eigenvalue weighted by molar-refractivity contribution is 7.89. The average Bonchev–Trinajstić information content (AvgIpc) is 3.02. The molecule has 0 spiro atoms. The molecule has 2 aliphatic heterocycles. The van der Waals surface area contributed by atoms with E-state index in [9.17, 15) is 13.2 Å². The Morgan fingerprint density at radius 2 is 2.25 bits per heavy atom. The van der Waals surface area contributed by atoms with Gasteiger partial charge in [0, 0.05) is 25.2 Å². The molecule has 1 aromatic rings. The number of carbonyl (C=O) groups is 1. The van der Waals surface area contributed by atoms with E-state index >= 15 is 0 Å². The summed E-state index contributed by atoms with van der Waals surface area (Å²) in [5.74, 6) is 0.620. The normalized spacial score (nSPS) is 21.1. The van der Waals surface area contributed by atoms with Gasteiger partial charge in [0.25, 0.3) is 0 Å². The fourth-order valence-corrected chi connectivity index (χ4v) is 4.89. The lowest BCUT2D eigenvalue weighted by Crippen LogP contribution is -2.44. The Balaban J connectivity index is 1.64. The van der Waals surface area contributed by atoms with Gasteiger partial charge >= 0.3 is 0 Å². The van der Waals surface area contributed by atoms with E-state index in [1.807, 2.05) is 25.1 Å².